The zero-order chi connectivity index (χ0) is 19.1. The molecule has 0 aliphatic carbocycles. The van der Waals surface area contributed by atoms with Gasteiger partial charge in [0.25, 0.3) is 0 Å². The normalized spacial score (nSPS) is 15.1. The Morgan fingerprint density at radius 3 is 2.59 bits per heavy atom. The molecule has 144 valence electrons. The Kier molecular flexibility index (Phi) is 6.51. The molecule has 8 heteroatoms. The first-order valence-electron chi connectivity index (χ1n) is 9.16. The number of rotatable bonds is 5. The molecule has 27 heavy (non-hydrogen) atoms. The SMILES string of the molecule is CCNC(=NCCc1cc(F)ccc1F)N1CCN(c2ncccn2)CC1. The minimum Gasteiger partial charge on any atom is -0.357 e. The zero-order valence-corrected chi connectivity index (χ0v) is 15.4. The molecule has 1 saturated heterocycles. The van der Waals surface area contributed by atoms with Crippen LogP contribution in [0.15, 0.2) is 41.7 Å². The van der Waals surface area contributed by atoms with Crippen molar-refractivity contribution in [2.24, 2.45) is 4.99 Å². The lowest BCUT2D eigenvalue weighted by atomic mass is 10.1. The number of nitrogens with one attached hydrogen (secondary N) is 1. The van der Waals surface area contributed by atoms with Gasteiger partial charge in [-0.25, -0.2) is 18.7 Å². The number of piperazine rings is 1. The molecular weight excluding hydrogens is 350 g/mol. The molecule has 1 aliphatic heterocycles. The Bertz CT molecular complexity index is 760. The van der Waals surface area contributed by atoms with Gasteiger partial charge in [-0.3, -0.25) is 4.99 Å². The zero-order valence-electron chi connectivity index (χ0n) is 15.4. The first-order chi connectivity index (χ1) is 13.2. The van der Waals surface area contributed by atoms with E-state index >= 15 is 0 Å². The van der Waals surface area contributed by atoms with Crippen LogP contribution in [0.25, 0.3) is 0 Å². The second-order valence-electron chi connectivity index (χ2n) is 6.24. The van der Waals surface area contributed by atoms with Crippen molar-refractivity contribution in [3.8, 4) is 0 Å². The van der Waals surface area contributed by atoms with Gasteiger partial charge < -0.3 is 15.1 Å². The van der Waals surface area contributed by atoms with Gasteiger partial charge in [-0.15, -0.1) is 0 Å². The summed E-state index contributed by atoms with van der Waals surface area (Å²) in [5.41, 5.74) is 0.348. The van der Waals surface area contributed by atoms with Crippen LogP contribution in [0.3, 0.4) is 0 Å². The van der Waals surface area contributed by atoms with E-state index in [1.807, 2.05) is 6.92 Å². The molecule has 2 aromatic rings. The number of halogens is 2. The van der Waals surface area contributed by atoms with E-state index in [1.54, 1.807) is 18.5 Å². The van der Waals surface area contributed by atoms with E-state index in [-0.39, 0.29) is 0 Å². The Morgan fingerprint density at radius 1 is 1.15 bits per heavy atom. The summed E-state index contributed by atoms with van der Waals surface area (Å²) in [4.78, 5) is 17.5. The Hall–Kier alpha value is -2.77. The van der Waals surface area contributed by atoms with Crippen molar-refractivity contribution in [1.82, 2.24) is 20.2 Å². The van der Waals surface area contributed by atoms with Gasteiger partial charge >= 0.3 is 0 Å². The maximum absolute atomic E-state index is 13.7. The van der Waals surface area contributed by atoms with Crippen LogP contribution in [0.5, 0.6) is 0 Å². The number of guanidine groups is 1. The monoisotopic (exact) mass is 374 g/mol. The fourth-order valence-electron chi connectivity index (χ4n) is 3.02. The largest absolute Gasteiger partial charge is 0.357 e. The van der Waals surface area contributed by atoms with E-state index in [9.17, 15) is 8.78 Å². The fourth-order valence-corrected chi connectivity index (χ4v) is 3.02. The van der Waals surface area contributed by atoms with Gasteiger partial charge in [-0.05, 0) is 43.2 Å². The number of nitrogens with zero attached hydrogens (tertiary/aromatic N) is 5. The highest BCUT2D eigenvalue weighted by atomic mass is 19.1. The summed E-state index contributed by atoms with van der Waals surface area (Å²) < 4.78 is 27.0. The third kappa shape index (κ3) is 5.12. The first-order valence-corrected chi connectivity index (χ1v) is 9.16. The maximum Gasteiger partial charge on any atom is 0.225 e. The topological polar surface area (TPSA) is 56.7 Å². The molecule has 0 amide bonds. The molecule has 0 saturated carbocycles. The van der Waals surface area contributed by atoms with Crippen LogP contribution >= 0.6 is 0 Å². The molecule has 2 heterocycles. The molecule has 0 unspecified atom stereocenters. The highest BCUT2D eigenvalue weighted by Gasteiger charge is 2.21. The van der Waals surface area contributed by atoms with Crippen molar-refractivity contribution in [3.05, 3.63) is 53.9 Å². The van der Waals surface area contributed by atoms with Crippen LogP contribution in [0, 0.1) is 11.6 Å². The van der Waals surface area contributed by atoms with Crippen LogP contribution in [0.1, 0.15) is 12.5 Å². The molecule has 1 aliphatic rings. The minimum atomic E-state index is -0.429. The van der Waals surface area contributed by atoms with Crippen molar-refractivity contribution in [1.29, 1.82) is 0 Å². The number of benzene rings is 1. The summed E-state index contributed by atoms with van der Waals surface area (Å²) in [5, 5.41) is 3.28. The summed E-state index contributed by atoms with van der Waals surface area (Å²) in [7, 11) is 0. The van der Waals surface area contributed by atoms with Crippen molar-refractivity contribution in [3.63, 3.8) is 0 Å². The van der Waals surface area contributed by atoms with Gasteiger partial charge in [-0.1, -0.05) is 0 Å². The van der Waals surface area contributed by atoms with Gasteiger partial charge in [0.15, 0.2) is 5.96 Å². The second-order valence-corrected chi connectivity index (χ2v) is 6.24. The second kappa shape index (κ2) is 9.25. The summed E-state index contributed by atoms with van der Waals surface area (Å²) in [6.07, 6.45) is 3.84. The molecule has 1 N–H and O–H groups in total. The summed E-state index contributed by atoms with van der Waals surface area (Å²) in [6.45, 7) is 6.33. The fraction of sp³-hybridized carbons (Fsp3) is 0.421. The number of anilines is 1. The molecule has 0 bridgehead atoms. The molecule has 0 spiro atoms. The number of hydrogen-bond acceptors (Lipinski definition) is 4. The van der Waals surface area contributed by atoms with Gasteiger partial charge in [-0.2, -0.15) is 0 Å². The summed E-state index contributed by atoms with van der Waals surface area (Å²) in [6, 6.07) is 5.32. The van der Waals surface area contributed by atoms with Crippen molar-refractivity contribution >= 4 is 11.9 Å². The molecule has 0 radical (unpaired) electrons. The molecule has 0 atom stereocenters. The van der Waals surface area contributed by atoms with E-state index in [0.717, 1.165) is 56.8 Å². The molecule has 1 aromatic carbocycles. The van der Waals surface area contributed by atoms with Gasteiger partial charge in [0, 0.05) is 51.7 Å². The molecule has 1 fully saturated rings. The highest BCUT2D eigenvalue weighted by Crippen LogP contribution is 2.12. The van der Waals surface area contributed by atoms with Crippen LogP contribution in [0.2, 0.25) is 0 Å². The quantitative estimate of drug-likeness (QED) is 0.642. The lowest BCUT2D eigenvalue weighted by Gasteiger charge is -2.36. The minimum absolute atomic E-state index is 0.348. The lowest BCUT2D eigenvalue weighted by molar-refractivity contribution is 0.370. The van der Waals surface area contributed by atoms with E-state index in [0.29, 0.717) is 18.5 Å². The van der Waals surface area contributed by atoms with Crippen LogP contribution in [0.4, 0.5) is 14.7 Å². The molecule has 1 aromatic heterocycles. The Balaban J connectivity index is 1.58. The smallest absolute Gasteiger partial charge is 0.225 e. The lowest BCUT2D eigenvalue weighted by Crippen LogP contribution is -2.53. The first kappa shape index (κ1) is 19.0. The van der Waals surface area contributed by atoms with Gasteiger partial charge in [0.2, 0.25) is 5.95 Å². The predicted molar refractivity (Wildman–Crippen MR) is 102 cm³/mol. The van der Waals surface area contributed by atoms with Crippen LogP contribution in [-0.2, 0) is 6.42 Å². The number of aliphatic imine (C=N–C) groups is 1. The number of aromatic nitrogens is 2. The van der Waals surface area contributed by atoms with Crippen molar-refractivity contribution < 1.29 is 8.78 Å². The van der Waals surface area contributed by atoms with E-state index in [1.165, 1.54) is 6.07 Å². The standard InChI is InChI=1S/C19H24F2N6/c1-2-22-18(25-9-6-15-14-16(20)4-5-17(15)21)26-10-12-27(13-11-26)19-23-7-3-8-24-19/h3-5,7-8,14H,2,6,9-13H2,1H3,(H,22,25). The average molecular weight is 374 g/mol. The van der Waals surface area contributed by atoms with Crippen LogP contribution in [-0.4, -0.2) is 60.1 Å². The van der Waals surface area contributed by atoms with E-state index < -0.39 is 11.6 Å². The Morgan fingerprint density at radius 2 is 1.89 bits per heavy atom. The summed E-state index contributed by atoms with van der Waals surface area (Å²) >= 11 is 0. The van der Waals surface area contributed by atoms with Gasteiger partial charge in [0.05, 0.1) is 0 Å². The molecular formula is C19H24F2N6. The van der Waals surface area contributed by atoms with Crippen LogP contribution < -0.4 is 10.2 Å². The van der Waals surface area contributed by atoms with Gasteiger partial charge in [0.1, 0.15) is 11.6 Å². The van der Waals surface area contributed by atoms with Crippen molar-refractivity contribution in [2.45, 2.75) is 13.3 Å². The average Bonchev–Trinajstić information content (AvgIpc) is 2.71. The predicted octanol–water partition coefficient (Wildman–Crippen LogP) is 2.08. The number of hydrogen-bond donors (Lipinski definition) is 1. The Labute approximate surface area is 158 Å². The highest BCUT2D eigenvalue weighted by molar-refractivity contribution is 5.80. The third-order valence-corrected chi connectivity index (χ3v) is 4.40. The molecule has 6 nitrogen and oxygen atoms in total. The van der Waals surface area contributed by atoms with Crippen molar-refractivity contribution in [2.75, 3.05) is 44.2 Å². The van der Waals surface area contributed by atoms with E-state index in [4.69, 9.17) is 0 Å². The summed E-state index contributed by atoms with van der Waals surface area (Å²) in [5.74, 6) is 0.707. The molecule has 3 rings (SSSR count). The maximum atomic E-state index is 13.7. The third-order valence-electron chi connectivity index (χ3n) is 4.40. The van der Waals surface area contributed by atoms with E-state index in [2.05, 4.69) is 30.1 Å².